The van der Waals surface area contributed by atoms with Crippen molar-refractivity contribution in [2.75, 3.05) is 13.1 Å². The number of nitrogens with zero attached hydrogens (tertiary/aromatic N) is 3. The normalized spacial score (nSPS) is 17.5. The minimum absolute atomic E-state index is 0.535. The van der Waals surface area contributed by atoms with E-state index in [1.807, 2.05) is 55.2 Å². The van der Waals surface area contributed by atoms with Crippen LogP contribution in [0.15, 0.2) is 36.7 Å². The summed E-state index contributed by atoms with van der Waals surface area (Å²) in [7, 11) is 0. The molecule has 0 spiro atoms. The maximum Gasteiger partial charge on any atom is 0.325 e. The molecule has 1 aromatic heterocycles. The maximum atomic E-state index is 12.0. The molecular weight excluding hydrogens is 314 g/mol. The van der Waals surface area contributed by atoms with Gasteiger partial charge in [-0.15, -0.1) is 0 Å². The van der Waals surface area contributed by atoms with E-state index in [2.05, 4.69) is 10.00 Å². The lowest BCUT2D eigenvalue weighted by atomic mass is 9.90. The van der Waals surface area contributed by atoms with Crippen LogP contribution in [0, 0.1) is 19.8 Å². The number of carboxylic acid groups (broad SMARTS) is 1. The van der Waals surface area contributed by atoms with Crippen molar-refractivity contribution < 1.29 is 9.90 Å². The van der Waals surface area contributed by atoms with Crippen LogP contribution in [0.3, 0.4) is 0 Å². The monoisotopic (exact) mass is 341 g/mol. The lowest BCUT2D eigenvalue weighted by Crippen LogP contribution is -2.40. The van der Waals surface area contributed by atoms with Gasteiger partial charge in [0.15, 0.2) is 0 Å². The minimum atomic E-state index is -0.747. The summed E-state index contributed by atoms with van der Waals surface area (Å²) in [5, 5.41) is 14.1. The molecule has 2 heterocycles. The lowest BCUT2D eigenvalue weighted by Gasteiger charge is -2.36. The van der Waals surface area contributed by atoms with Crippen LogP contribution in [0.1, 0.15) is 42.0 Å². The summed E-state index contributed by atoms with van der Waals surface area (Å²) in [6.45, 7) is 6.64. The number of rotatable bonds is 6. The van der Waals surface area contributed by atoms with Crippen molar-refractivity contribution in [3.8, 4) is 0 Å². The number of aromatic nitrogens is 2. The third-order valence-electron chi connectivity index (χ3n) is 5.30. The molecule has 1 aliphatic rings. The number of benzene rings is 1. The first-order valence-electron chi connectivity index (χ1n) is 9.06. The van der Waals surface area contributed by atoms with E-state index in [1.165, 1.54) is 0 Å². The second kappa shape index (κ2) is 7.83. The Hall–Kier alpha value is -2.14. The smallest absolute Gasteiger partial charge is 0.325 e. The van der Waals surface area contributed by atoms with Crippen molar-refractivity contribution in [1.29, 1.82) is 0 Å². The van der Waals surface area contributed by atoms with Crippen molar-refractivity contribution in [2.24, 2.45) is 5.92 Å². The predicted molar refractivity (Wildman–Crippen MR) is 97.4 cm³/mol. The summed E-state index contributed by atoms with van der Waals surface area (Å²) >= 11 is 0. The van der Waals surface area contributed by atoms with Gasteiger partial charge in [-0.1, -0.05) is 23.8 Å². The van der Waals surface area contributed by atoms with Gasteiger partial charge in [-0.25, -0.2) is 0 Å². The van der Waals surface area contributed by atoms with Crippen LogP contribution in [0.5, 0.6) is 0 Å². The van der Waals surface area contributed by atoms with E-state index in [9.17, 15) is 9.90 Å². The number of carbonyl (C=O) groups is 1. The van der Waals surface area contributed by atoms with Crippen molar-refractivity contribution >= 4 is 5.97 Å². The summed E-state index contributed by atoms with van der Waals surface area (Å²) in [6.07, 6.45) is 7.02. The standard InChI is InChI=1S/C20H27N3O2/c1-15-4-5-16(2)18(14-15)19(20(24)25)22-11-6-17(7-12-22)8-13-23-10-3-9-21-23/h3-5,9-10,14,17,19H,6-8,11-13H2,1-2H3,(H,24,25). The maximum absolute atomic E-state index is 12.0. The summed E-state index contributed by atoms with van der Waals surface area (Å²) in [6, 6.07) is 7.51. The molecule has 2 aromatic rings. The first-order valence-corrected chi connectivity index (χ1v) is 9.06. The molecule has 0 radical (unpaired) electrons. The van der Waals surface area contributed by atoms with Gasteiger partial charge in [-0.2, -0.15) is 5.10 Å². The van der Waals surface area contributed by atoms with Crippen molar-refractivity contribution in [1.82, 2.24) is 14.7 Å². The first-order chi connectivity index (χ1) is 12.0. The predicted octanol–water partition coefficient (Wildman–Crippen LogP) is 3.43. The molecule has 5 heteroatoms. The number of piperidine rings is 1. The van der Waals surface area contributed by atoms with Crippen molar-refractivity contribution in [2.45, 2.75) is 45.7 Å². The molecule has 25 heavy (non-hydrogen) atoms. The second-order valence-corrected chi connectivity index (χ2v) is 7.14. The van der Waals surface area contributed by atoms with Crippen LogP contribution < -0.4 is 0 Å². The van der Waals surface area contributed by atoms with Crippen LogP contribution in [-0.2, 0) is 11.3 Å². The van der Waals surface area contributed by atoms with E-state index >= 15 is 0 Å². The van der Waals surface area contributed by atoms with Crippen molar-refractivity contribution in [3.63, 3.8) is 0 Å². The van der Waals surface area contributed by atoms with Gasteiger partial charge in [0.2, 0.25) is 0 Å². The van der Waals surface area contributed by atoms with Crippen LogP contribution in [-0.4, -0.2) is 38.8 Å². The quantitative estimate of drug-likeness (QED) is 0.874. The summed E-state index contributed by atoms with van der Waals surface area (Å²) < 4.78 is 1.97. The van der Waals surface area contributed by atoms with Crippen LogP contribution in [0.25, 0.3) is 0 Å². The summed E-state index contributed by atoms with van der Waals surface area (Å²) in [5.41, 5.74) is 3.10. The van der Waals surface area contributed by atoms with E-state index in [0.29, 0.717) is 5.92 Å². The molecule has 1 aliphatic heterocycles. The van der Waals surface area contributed by atoms with Gasteiger partial charge in [-0.3, -0.25) is 14.4 Å². The molecule has 1 N–H and O–H groups in total. The topological polar surface area (TPSA) is 58.4 Å². The zero-order valence-corrected chi connectivity index (χ0v) is 15.1. The average Bonchev–Trinajstić information content (AvgIpc) is 3.11. The van der Waals surface area contributed by atoms with Crippen LogP contribution in [0.4, 0.5) is 0 Å². The van der Waals surface area contributed by atoms with Crippen molar-refractivity contribution in [3.05, 3.63) is 53.3 Å². The minimum Gasteiger partial charge on any atom is -0.480 e. The molecule has 0 bridgehead atoms. The molecule has 1 unspecified atom stereocenters. The lowest BCUT2D eigenvalue weighted by molar-refractivity contribution is -0.144. The van der Waals surface area contributed by atoms with Gasteiger partial charge in [-0.05, 0) is 69.3 Å². The number of hydrogen-bond donors (Lipinski definition) is 1. The molecule has 0 amide bonds. The average molecular weight is 341 g/mol. The number of aryl methyl sites for hydroxylation is 3. The van der Waals surface area contributed by atoms with E-state index in [0.717, 1.165) is 55.6 Å². The van der Waals surface area contributed by atoms with Crippen LogP contribution >= 0.6 is 0 Å². The molecule has 0 saturated carbocycles. The van der Waals surface area contributed by atoms with Gasteiger partial charge in [0.25, 0.3) is 0 Å². The van der Waals surface area contributed by atoms with Gasteiger partial charge < -0.3 is 5.11 Å². The highest BCUT2D eigenvalue weighted by Crippen LogP contribution is 2.30. The fourth-order valence-corrected chi connectivity index (χ4v) is 3.79. The largest absolute Gasteiger partial charge is 0.480 e. The van der Waals surface area contributed by atoms with Gasteiger partial charge >= 0.3 is 5.97 Å². The molecule has 0 aliphatic carbocycles. The molecule has 3 rings (SSSR count). The fourth-order valence-electron chi connectivity index (χ4n) is 3.79. The first kappa shape index (κ1) is 17.7. The Morgan fingerprint density at radius 2 is 2.08 bits per heavy atom. The number of hydrogen-bond acceptors (Lipinski definition) is 3. The summed E-state index contributed by atoms with van der Waals surface area (Å²) in [4.78, 5) is 14.1. The van der Waals surface area contributed by atoms with Gasteiger partial charge in [0.05, 0.1) is 0 Å². The Kier molecular flexibility index (Phi) is 5.53. The molecular formula is C20H27N3O2. The highest BCUT2D eigenvalue weighted by Gasteiger charge is 2.31. The Balaban J connectivity index is 1.63. The highest BCUT2D eigenvalue weighted by molar-refractivity contribution is 5.76. The van der Waals surface area contributed by atoms with Gasteiger partial charge in [0, 0.05) is 18.9 Å². The molecule has 134 valence electrons. The molecule has 1 atom stereocenters. The van der Waals surface area contributed by atoms with Crippen LogP contribution in [0.2, 0.25) is 0 Å². The Bertz CT molecular complexity index is 704. The van der Waals surface area contributed by atoms with Gasteiger partial charge in [0.1, 0.15) is 6.04 Å². The fraction of sp³-hybridized carbons (Fsp3) is 0.500. The van der Waals surface area contributed by atoms with E-state index in [1.54, 1.807) is 0 Å². The molecule has 1 fully saturated rings. The molecule has 1 aromatic carbocycles. The number of aliphatic carboxylic acids is 1. The molecule has 5 nitrogen and oxygen atoms in total. The van der Waals surface area contributed by atoms with E-state index < -0.39 is 12.0 Å². The summed E-state index contributed by atoms with van der Waals surface area (Å²) in [5.74, 6) is -0.0998. The SMILES string of the molecule is Cc1ccc(C)c(C(C(=O)O)N2CCC(CCn3cccn3)CC2)c1. The second-order valence-electron chi connectivity index (χ2n) is 7.14. The van der Waals surface area contributed by atoms with E-state index in [4.69, 9.17) is 0 Å². The Morgan fingerprint density at radius 1 is 1.32 bits per heavy atom. The highest BCUT2D eigenvalue weighted by atomic mass is 16.4. The number of likely N-dealkylation sites (tertiary alicyclic amines) is 1. The van der Waals surface area contributed by atoms with E-state index in [-0.39, 0.29) is 0 Å². The Morgan fingerprint density at radius 3 is 2.72 bits per heavy atom. The Labute approximate surface area is 149 Å². The number of carboxylic acids is 1. The molecule has 1 saturated heterocycles. The third kappa shape index (κ3) is 4.28. The zero-order valence-electron chi connectivity index (χ0n) is 15.1. The zero-order chi connectivity index (χ0) is 17.8. The third-order valence-corrected chi connectivity index (χ3v) is 5.30.